The predicted molar refractivity (Wildman–Crippen MR) is 106 cm³/mol. The molecule has 3 aromatic rings. The Hall–Kier alpha value is -2.44. The fraction of sp³-hybridized carbons (Fsp3) is 0.300. The van der Waals surface area contributed by atoms with Crippen molar-refractivity contribution < 1.29 is 9.50 Å². The lowest BCUT2D eigenvalue weighted by Crippen LogP contribution is -2.40. The number of aromatic nitrogens is 2. The fourth-order valence-electron chi connectivity index (χ4n) is 3.67. The number of benzene rings is 2. The van der Waals surface area contributed by atoms with Gasteiger partial charge < -0.3 is 15.3 Å². The number of piperidine rings is 1. The molecule has 1 aliphatic heterocycles. The topological polar surface area (TPSA) is 61.3 Å². The van der Waals surface area contributed by atoms with Crippen LogP contribution in [0.15, 0.2) is 36.4 Å². The molecule has 1 aliphatic rings. The molecular weight excluding hydrogens is 367 g/mol. The molecule has 7 heteroatoms. The second-order valence-corrected chi connectivity index (χ2v) is 7.41. The Balaban J connectivity index is 1.79. The lowest BCUT2D eigenvalue weighted by Gasteiger charge is -2.30. The third-order valence-corrected chi connectivity index (χ3v) is 5.14. The Morgan fingerprint density at radius 1 is 1.22 bits per heavy atom. The molecule has 0 amide bonds. The lowest BCUT2D eigenvalue weighted by molar-refractivity contribution is 0.261. The first kappa shape index (κ1) is 17.9. The molecular formula is C20H20ClFN4O. The van der Waals surface area contributed by atoms with E-state index in [0.717, 1.165) is 42.8 Å². The number of fused-ring (bicyclic) bond motifs is 1. The highest BCUT2D eigenvalue weighted by Gasteiger charge is 2.21. The molecule has 27 heavy (non-hydrogen) atoms. The Morgan fingerprint density at radius 3 is 2.74 bits per heavy atom. The molecule has 0 aliphatic carbocycles. The van der Waals surface area contributed by atoms with Gasteiger partial charge in [-0.25, -0.2) is 4.39 Å². The van der Waals surface area contributed by atoms with Gasteiger partial charge in [0.05, 0.1) is 5.56 Å². The van der Waals surface area contributed by atoms with E-state index < -0.39 is 5.82 Å². The molecule has 4 rings (SSSR count). The van der Waals surface area contributed by atoms with Crippen LogP contribution >= 0.6 is 11.6 Å². The van der Waals surface area contributed by atoms with Gasteiger partial charge in [-0.3, -0.25) is 0 Å². The van der Waals surface area contributed by atoms with Crippen LogP contribution in [0.2, 0.25) is 5.02 Å². The van der Waals surface area contributed by atoms with Crippen molar-refractivity contribution in [2.75, 3.05) is 25.5 Å². The van der Waals surface area contributed by atoms with E-state index in [0.29, 0.717) is 11.5 Å². The van der Waals surface area contributed by atoms with Gasteiger partial charge in [0.25, 0.3) is 0 Å². The van der Waals surface area contributed by atoms with Crippen molar-refractivity contribution in [2.24, 2.45) is 0 Å². The summed E-state index contributed by atoms with van der Waals surface area (Å²) in [5.74, 6) is -0.216. The van der Waals surface area contributed by atoms with E-state index in [2.05, 4.69) is 27.5 Å². The van der Waals surface area contributed by atoms with Gasteiger partial charge in [-0.2, -0.15) is 0 Å². The number of likely N-dealkylation sites (tertiary alicyclic amines) is 1. The second-order valence-electron chi connectivity index (χ2n) is 6.97. The van der Waals surface area contributed by atoms with Gasteiger partial charge in [0, 0.05) is 28.4 Å². The van der Waals surface area contributed by atoms with Crippen LogP contribution < -0.4 is 5.32 Å². The average molecular weight is 387 g/mol. The predicted octanol–water partition coefficient (Wildman–Crippen LogP) is 4.30. The minimum absolute atomic E-state index is 0.00653. The van der Waals surface area contributed by atoms with Crippen LogP contribution in [0.1, 0.15) is 12.8 Å². The lowest BCUT2D eigenvalue weighted by atomic mass is 10.0. The standard InChI is InChI=1S/C20H20ClFN4O/c1-26-8-4-5-13(11-26)23-20-15-7-3-2-6-14(15)19(24-25-20)18-16(22)9-12(21)10-17(18)27/h2-3,6-7,9-10,13,27H,4-5,8,11H2,1H3,(H,23,25)/t13-/m1/s1. The monoisotopic (exact) mass is 386 g/mol. The molecule has 1 saturated heterocycles. The highest BCUT2D eigenvalue weighted by atomic mass is 35.5. The first-order chi connectivity index (χ1) is 13.0. The molecule has 1 aromatic heterocycles. The van der Waals surface area contributed by atoms with Crippen LogP contribution in [0, 0.1) is 5.82 Å². The number of aromatic hydroxyl groups is 1. The number of hydrogen-bond acceptors (Lipinski definition) is 5. The highest BCUT2D eigenvalue weighted by molar-refractivity contribution is 6.30. The number of nitrogens with one attached hydrogen (secondary N) is 1. The van der Waals surface area contributed by atoms with Crippen molar-refractivity contribution in [2.45, 2.75) is 18.9 Å². The third-order valence-electron chi connectivity index (χ3n) is 4.92. The van der Waals surface area contributed by atoms with E-state index in [-0.39, 0.29) is 22.4 Å². The van der Waals surface area contributed by atoms with Crippen LogP contribution in [0.4, 0.5) is 10.2 Å². The van der Waals surface area contributed by atoms with E-state index in [1.54, 1.807) is 0 Å². The van der Waals surface area contributed by atoms with Gasteiger partial charge in [-0.1, -0.05) is 35.9 Å². The van der Waals surface area contributed by atoms with Crippen LogP contribution in [0.5, 0.6) is 5.75 Å². The minimum Gasteiger partial charge on any atom is -0.507 e. The van der Waals surface area contributed by atoms with Crippen molar-refractivity contribution in [3.63, 3.8) is 0 Å². The molecule has 1 fully saturated rings. The van der Waals surface area contributed by atoms with Crippen molar-refractivity contribution in [3.8, 4) is 17.0 Å². The van der Waals surface area contributed by atoms with Crippen LogP contribution in [-0.4, -0.2) is 46.4 Å². The first-order valence-corrected chi connectivity index (χ1v) is 9.29. The van der Waals surface area contributed by atoms with Gasteiger partial charge in [-0.05, 0) is 38.6 Å². The largest absolute Gasteiger partial charge is 0.507 e. The Morgan fingerprint density at radius 2 is 2.00 bits per heavy atom. The second kappa shape index (κ2) is 7.29. The number of phenols is 1. The van der Waals surface area contributed by atoms with E-state index in [9.17, 15) is 9.50 Å². The Kier molecular flexibility index (Phi) is 4.85. The summed E-state index contributed by atoms with van der Waals surface area (Å²) >= 11 is 5.82. The summed E-state index contributed by atoms with van der Waals surface area (Å²) in [6.45, 7) is 2.03. The highest BCUT2D eigenvalue weighted by Crippen LogP contribution is 2.38. The zero-order valence-corrected chi connectivity index (χ0v) is 15.7. The average Bonchev–Trinajstić information content (AvgIpc) is 2.62. The molecule has 140 valence electrons. The molecule has 0 radical (unpaired) electrons. The van der Waals surface area contributed by atoms with E-state index in [1.807, 2.05) is 24.3 Å². The first-order valence-electron chi connectivity index (χ1n) is 8.92. The summed E-state index contributed by atoms with van der Waals surface area (Å²) in [5, 5.41) is 24.0. The molecule has 2 aromatic carbocycles. The summed E-state index contributed by atoms with van der Waals surface area (Å²) in [6.07, 6.45) is 2.19. The maximum absolute atomic E-state index is 14.5. The summed E-state index contributed by atoms with van der Waals surface area (Å²) in [5.41, 5.74) is 0.302. The van der Waals surface area contributed by atoms with E-state index >= 15 is 0 Å². The van der Waals surface area contributed by atoms with Gasteiger partial charge in [0.15, 0.2) is 5.82 Å². The Labute approximate surface area is 161 Å². The van der Waals surface area contributed by atoms with Gasteiger partial charge in [0.1, 0.15) is 17.3 Å². The SMILES string of the molecule is CN1CCC[C@@H](Nc2nnc(-c3c(O)cc(Cl)cc3F)c3ccccc23)C1. The number of likely N-dealkylation sites (N-methyl/N-ethyl adjacent to an activating group) is 1. The minimum atomic E-state index is -0.630. The van der Waals surface area contributed by atoms with Gasteiger partial charge >= 0.3 is 0 Å². The number of phenolic OH excluding ortho intramolecular Hbond substituents is 1. The summed E-state index contributed by atoms with van der Waals surface area (Å²) in [4.78, 5) is 2.28. The molecule has 5 nitrogen and oxygen atoms in total. The summed E-state index contributed by atoms with van der Waals surface area (Å²) < 4.78 is 14.5. The van der Waals surface area contributed by atoms with E-state index in [4.69, 9.17) is 11.6 Å². The fourth-order valence-corrected chi connectivity index (χ4v) is 3.87. The Bertz CT molecular complexity index is 974. The smallest absolute Gasteiger partial charge is 0.156 e. The van der Waals surface area contributed by atoms with Crippen LogP contribution in [-0.2, 0) is 0 Å². The molecule has 2 heterocycles. The normalized spacial score (nSPS) is 18.0. The maximum Gasteiger partial charge on any atom is 0.156 e. The maximum atomic E-state index is 14.5. The van der Waals surface area contributed by atoms with Gasteiger partial charge in [-0.15, -0.1) is 10.2 Å². The van der Waals surface area contributed by atoms with Crippen molar-refractivity contribution in [1.82, 2.24) is 15.1 Å². The van der Waals surface area contributed by atoms with Crippen molar-refractivity contribution in [1.29, 1.82) is 0 Å². The van der Waals surface area contributed by atoms with Gasteiger partial charge in [0.2, 0.25) is 0 Å². The zero-order chi connectivity index (χ0) is 19.0. The van der Waals surface area contributed by atoms with Crippen molar-refractivity contribution in [3.05, 3.63) is 47.2 Å². The molecule has 0 unspecified atom stereocenters. The zero-order valence-electron chi connectivity index (χ0n) is 14.9. The number of halogens is 2. The molecule has 1 atom stereocenters. The van der Waals surface area contributed by atoms with Crippen LogP contribution in [0.3, 0.4) is 0 Å². The number of anilines is 1. The quantitative estimate of drug-likeness (QED) is 0.702. The number of rotatable bonds is 3. The third kappa shape index (κ3) is 3.55. The molecule has 0 bridgehead atoms. The molecule has 0 spiro atoms. The molecule has 0 saturated carbocycles. The van der Waals surface area contributed by atoms with Crippen LogP contribution in [0.25, 0.3) is 22.0 Å². The van der Waals surface area contributed by atoms with Crippen molar-refractivity contribution >= 4 is 28.2 Å². The summed E-state index contributed by atoms with van der Waals surface area (Å²) in [7, 11) is 2.10. The molecule has 2 N–H and O–H groups in total. The summed E-state index contributed by atoms with van der Waals surface area (Å²) in [6, 6.07) is 10.3. The number of hydrogen-bond donors (Lipinski definition) is 2. The van der Waals surface area contributed by atoms with E-state index in [1.165, 1.54) is 6.07 Å². The number of nitrogens with zero attached hydrogens (tertiary/aromatic N) is 3.